The number of aryl methyl sites for hydroxylation is 1. The fourth-order valence-electron chi connectivity index (χ4n) is 2.08. The van der Waals surface area contributed by atoms with Crippen molar-refractivity contribution in [3.63, 3.8) is 0 Å². The van der Waals surface area contributed by atoms with E-state index in [4.69, 9.17) is 5.73 Å². The number of nitrogen functional groups attached to an aromatic ring is 1. The number of hydrogen-bond donors (Lipinski definition) is 3. The molecule has 5 nitrogen and oxygen atoms in total. The quantitative estimate of drug-likeness (QED) is 0.760. The summed E-state index contributed by atoms with van der Waals surface area (Å²) in [6, 6.07) is 7.23. The van der Waals surface area contributed by atoms with Crippen LogP contribution >= 0.6 is 0 Å². The Morgan fingerprint density at radius 3 is 2.52 bits per heavy atom. The smallest absolute Gasteiger partial charge is 0.134 e. The molecule has 2 aromatic rings. The number of nitrogens with two attached hydrogens (primary N) is 1. The second-order valence-corrected chi connectivity index (χ2v) is 5.09. The largest absolute Gasteiger partial charge is 0.508 e. The Morgan fingerprint density at radius 2 is 1.86 bits per heavy atom. The molecule has 1 heterocycles. The molecule has 0 bridgehead atoms. The van der Waals surface area contributed by atoms with Crippen LogP contribution < -0.4 is 11.1 Å². The number of phenols is 1. The number of aromatic hydroxyl groups is 1. The normalized spacial score (nSPS) is 10.6. The van der Waals surface area contributed by atoms with E-state index in [-0.39, 0.29) is 5.75 Å². The van der Waals surface area contributed by atoms with Crippen LogP contribution in [0.2, 0.25) is 0 Å². The maximum absolute atomic E-state index is 9.26. The average Bonchev–Trinajstić information content (AvgIpc) is 2.46. The highest BCUT2D eigenvalue weighted by Crippen LogP contribution is 2.18. The first-order valence-electron chi connectivity index (χ1n) is 7.25. The van der Waals surface area contributed by atoms with Crippen molar-refractivity contribution in [3.05, 3.63) is 41.2 Å². The Morgan fingerprint density at radius 1 is 1.14 bits per heavy atom. The van der Waals surface area contributed by atoms with Crippen molar-refractivity contribution in [1.29, 1.82) is 0 Å². The molecule has 1 aromatic heterocycles. The Balaban J connectivity index is 2.00. The molecule has 0 aliphatic rings. The minimum Gasteiger partial charge on any atom is -0.508 e. The zero-order valence-corrected chi connectivity index (χ0v) is 12.6. The van der Waals surface area contributed by atoms with Gasteiger partial charge in [0.25, 0.3) is 0 Å². The first-order chi connectivity index (χ1) is 10.1. The van der Waals surface area contributed by atoms with E-state index in [1.165, 1.54) is 0 Å². The zero-order valence-electron chi connectivity index (χ0n) is 12.6. The van der Waals surface area contributed by atoms with E-state index in [0.29, 0.717) is 5.82 Å². The van der Waals surface area contributed by atoms with Crippen molar-refractivity contribution in [2.75, 3.05) is 17.6 Å². The van der Waals surface area contributed by atoms with Crippen molar-refractivity contribution in [3.8, 4) is 5.75 Å². The lowest BCUT2D eigenvalue weighted by Crippen LogP contribution is -2.12. The number of rotatable bonds is 6. The van der Waals surface area contributed by atoms with E-state index in [1.807, 2.05) is 19.1 Å². The number of hydrogen-bond acceptors (Lipinski definition) is 5. The summed E-state index contributed by atoms with van der Waals surface area (Å²) in [5.74, 6) is 2.42. The molecule has 0 aliphatic heterocycles. The molecule has 0 saturated heterocycles. The third-order valence-electron chi connectivity index (χ3n) is 3.35. The maximum atomic E-state index is 9.26. The molecular weight excluding hydrogens is 264 g/mol. The van der Waals surface area contributed by atoms with Crippen LogP contribution in [0.5, 0.6) is 5.75 Å². The van der Waals surface area contributed by atoms with E-state index < -0.39 is 0 Å². The van der Waals surface area contributed by atoms with Crippen molar-refractivity contribution >= 4 is 11.6 Å². The minimum atomic E-state index is 0.287. The van der Waals surface area contributed by atoms with Crippen molar-refractivity contribution < 1.29 is 5.11 Å². The number of nitrogens with zero attached hydrogens (tertiary/aromatic N) is 2. The second-order valence-electron chi connectivity index (χ2n) is 5.09. The molecule has 0 aliphatic carbocycles. The molecule has 0 amide bonds. The zero-order chi connectivity index (χ0) is 15.2. The van der Waals surface area contributed by atoms with Gasteiger partial charge in [0.1, 0.15) is 23.2 Å². The van der Waals surface area contributed by atoms with Gasteiger partial charge in [0.05, 0.1) is 0 Å². The molecular formula is C16H22N4O. The molecule has 0 radical (unpaired) electrons. The van der Waals surface area contributed by atoms with Crippen LogP contribution in [0, 0.1) is 6.92 Å². The van der Waals surface area contributed by atoms with Gasteiger partial charge in [-0.15, -0.1) is 0 Å². The fraction of sp³-hybridized carbons (Fsp3) is 0.375. The molecule has 4 N–H and O–H groups in total. The average molecular weight is 286 g/mol. The topological polar surface area (TPSA) is 84.1 Å². The lowest BCUT2D eigenvalue weighted by Gasteiger charge is -2.12. The summed E-state index contributed by atoms with van der Waals surface area (Å²) in [6.07, 6.45) is 2.68. The van der Waals surface area contributed by atoms with Crippen LogP contribution in [-0.2, 0) is 12.8 Å². The highest BCUT2D eigenvalue weighted by atomic mass is 16.3. The van der Waals surface area contributed by atoms with E-state index in [9.17, 15) is 5.11 Å². The summed E-state index contributed by atoms with van der Waals surface area (Å²) >= 11 is 0. The fourth-order valence-corrected chi connectivity index (χ4v) is 2.08. The van der Waals surface area contributed by atoms with Gasteiger partial charge >= 0.3 is 0 Å². The summed E-state index contributed by atoms with van der Waals surface area (Å²) in [5.41, 5.74) is 7.98. The predicted octanol–water partition coefficient (Wildman–Crippen LogP) is 2.68. The van der Waals surface area contributed by atoms with E-state index >= 15 is 0 Å². The summed E-state index contributed by atoms with van der Waals surface area (Å²) in [7, 11) is 0. The van der Waals surface area contributed by atoms with E-state index in [0.717, 1.165) is 48.6 Å². The first kappa shape index (κ1) is 15.1. The molecule has 1 aromatic carbocycles. The van der Waals surface area contributed by atoms with Gasteiger partial charge in [0, 0.05) is 18.5 Å². The number of nitrogens with one attached hydrogen (secondary N) is 1. The van der Waals surface area contributed by atoms with Gasteiger partial charge in [-0.25, -0.2) is 9.97 Å². The van der Waals surface area contributed by atoms with Crippen LogP contribution in [0.3, 0.4) is 0 Å². The van der Waals surface area contributed by atoms with Gasteiger partial charge in [-0.2, -0.15) is 0 Å². The van der Waals surface area contributed by atoms with Gasteiger partial charge in [-0.3, -0.25) is 0 Å². The van der Waals surface area contributed by atoms with Gasteiger partial charge < -0.3 is 16.2 Å². The second kappa shape index (κ2) is 6.92. The van der Waals surface area contributed by atoms with Gasteiger partial charge in [-0.1, -0.05) is 19.1 Å². The van der Waals surface area contributed by atoms with Crippen molar-refractivity contribution in [2.24, 2.45) is 0 Å². The summed E-state index contributed by atoms with van der Waals surface area (Å²) < 4.78 is 0. The molecule has 5 heteroatoms. The van der Waals surface area contributed by atoms with E-state index in [2.05, 4.69) is 22.2 Å². The lowest BCUT2D eigenvalue weighted by atomic mass is 10.1. The molecule has 112 valence electrons. The molecule has 21 heavy (non-hydrogen) atoms. The monoisotopic (exact) mass is 286 g/mol. The highest BCUT2D eigenvalue weighted by molar-refractivity contribution is 5.54. The van der Waals surface area contributed by atoms with Crippen LogP contribution in [0.1, 0.15) is 30.3 Å². The molecule has 0 saturated carbocycles. The molecule has 2 rings (SSSR count). The van der Waals surface area contributed by atoms with Crippen LogP contribution in [0.4, 0.5) is 11.6 Å². The third kappa shape index (κ3) is 4.08. The highest BCUT2D eigenvalue weighted by Gasteiger charge is 2.07. The van der Waals surface area contributed by atoms with Gasteiger partial charge in [0.2, 0.25) is 0 Å². The van der Waals surface area contributed by atoms with Gasteiger partial charge in [-0.05, 0) is 37.5 Å². The molecule has 0 fully saturated rings. The van der Waals surface area contributed by atoms with Gasteiger partial charge in [0.15, 0.2) is 0 Å². The Labute approximate surface area is 125 Å². The maximum Gasteiger partial charge on any atom is 0.134 e. The SMILES string of the molecule is CCCc1nc(N)c(C)c(NCCc2ccc(O)cc2)n1. The van der Waals surface area contributed by atoms with Crippen molar-refractivity contribution in [1.82, 2.24) is 9.97 Å². The third-order valence-corrected chi connectivity index (χ3v) is 3.35. The number of benzene rings is 1. The van der Waals surface area contributed by atoms with Crippen LogP contribution in [0.25, 0.3) is 0 Å². The predicted molar refractivity (Wildman–Crippen MR) is 85.5 cm³/mol. The standard InChI is InChI=1S/C16H22N4O/c1-3-4-14-19-15(17)11(2)16(20-14)18-10-9-12-5-7-13(21)8-6-12/h5-8,21H,3-4,9-10H2,1-2H3,(H3,17,18,19,20). The summed E-state index contributed by atoms with van der Waals surface area (Å²) in [5, 5.41) is 12.6. The molecule has 0 unspecified atom stereocenters. The Bertz CT molecular complexity index is 596. The Hall–Kier alpha value is -2.30. The number of anilines is 2. The lowest BCUT2D eigenvalue weighted by molar-refractivity contribution is 0.475. The van der Waals surface area contributed by atoms with Crippen LogP contribution in [0.15, 0.2) is 24.3 Å². The number of aromatic nitrogens is 2. The molecule has 0 spiro atoms. The van der Waals surface area contributed by atoms with E-state index in [1.54, 1.807) is 12.1 Å². The van der Waals surface area contributed by atoms with Crippen molar-refractivity contribution in [2.45, 2.75) is 33.1 Å². The Kier molecular flexibility index (Phi) is 4.98. The van der Waals surface area contributed by atoms with Crippen LogP contribution in [-0.4, -0.2) is 21.6 Å². The number of phenolic OH excluding ortho intramolecular Hbond substituents is 1. The summed E-state index contributed by atoms with van der Waals surface area (Å²) in [4.78, 5) is 8.82. The molecule has 0 atom stereocenters. The summed E-state index contributed by atoms with van der Waals surface area (Å²) in [6.45, 7) is 4.78. The first-order valence-corrected chi connectivity index (χ1v) is 7.25. The minimum absolute atomic E-state index is 0.287.